The first kappa shape index (κ1) is 22.7. The van der Waals surface area contributed by atoms with Crippen molar-refractivity contribution in [1.82, 2.24) is 10.3 Å². The van der Waals surface area contributed by atoms with Crippen molar-refractivity contribution in [3.05, 3.63) is 100 Å². The molecule has 0 aliphatic carbocycles. The Morgan fingerprint density at radius 1 is 0.971 bits per heavy atom. The molecule has 2 aromatic heterocycles. The van der Waals surface area contributed by atoms with Crippen molar-refractivity contribution in [1.29, 1.82) is 0 Å². The van der Waals surface area contributed by atoms with E-state index in [1.54, 1.807) is 12.3 Å². The first-order valence-electron chi connectivity index (χ1n) is 10.8. The molecule has 5 nitrogen and oxygen atoms in total. The fourth-order valence-corrected chi connectivity index (χ4v) is 4.92. The third-order valence-electron chi connectivity index (χ3n) is 5.88. The van der Waals surface area contributed by atoms with E-state index in [0.29, 0.717) is 20.9 Å². The van der Waals surface area contributed by atoms with Crippen LogP contribution in [0.15, 0.2) is 83.4 Å². The van der Waals surface area contributed by atoms with Crippen LogP contribution in [0.2, 0.25) is 10.0 Å². The van der Waals surface area contributed by atoms with E-state index in [-0.39, 0.29) is 12.1 Å². The van der Waals surface area contributed by atoms with Gasteiger partial charge in [-0.2, -0.15) is 0 Å². The van der Waals surface area contributed by atoms with Gasteiger partial charge in [0.2, 0.25) is 0 Å². The minimum absolute atomic E-state index is 0.198. The number of halogens is 2. The summed E-state index contributed by atoms with van der Waals surface area (Å²) >= 11 is 18.5. The smallest absolute Gasteiger partial charge is 0.174 e. The average molecular weight is 509 g/mol. The van der Waals surface area contributed by atoms with Crippen molar-refractivity contribution in [3.63, 3.8) is 0 Å². The maximum atomic E-state index is 6.46. The van der Waals surface area contributed by atoms with Gasteiger partial charge in [0.1, 0.15) is 17.6 Å². The fourth-order valence-electron chi connectivity index (χ4n) is 4.18. The number of rotatable bonds is 5. The van der Waals surface area contributed by atoms with Crippen LogP contribution in [-0.2, 0) is 0 Å². The van der Waals surface area contributed by atoms with Crippen molar-refractivity contribution in [2.45, 2.75) is 12.1 Å². The molecule has 1 aliphatic rings. The Labute approximate surface area is 213 Å². The van der Waals surface area contributed by atoms with E-state index in [1.807, 2.05) is 56.6 Å². The molecule has 0 saturated carbocycles. The van der Waals surface area contributed by atoms with Gasteiger partial charge in [-0.25, -0.2) is 0 Å². The van der Waals surface area contributed by atoms with E-state index in [1.165, 1.54) is 0 Å². The van der Waals surface area contributed by atoms with Gasteiger partial charge in [0, 0.05) is 37.2 Å². The molecule has 0 radical (unpaired) electrons. The molecule has 8 heteroatoms. The summed E-state index contributed by atoms with van der Waals surface area (Å²) in [5.41, 5.74) is 3.69. The van der Waals surface area contributed by atoms with Gasteiger partial charge in [-0.1, -0.05) is 35.3 Å². The molecule has 1 N–H and O–H groups in total. The zero-order valence-corrected chi connectivity index (χ0v) is 20.9. The number of benzene rings is 2. The van der Waals surface area contributed by atoms with Crippen LogP contribution in [0.4, 0.5) is 11.4 Å². The summed E-state index contributed by atoms with van der Waals surface area (Å²) in [6, 6.07) is 23.1. The second-order valence-corrected chi connectivity index (χ2v) is 9.38. The normalized spacial score (nSPS) is 17.6. The van der Waals surface area contributed by atoms with E-state index in [9.17, 15) is 0 Å². The molecule has 0 unspecified atom stereocenters. The molecule has 3 heterocycles. The van der Waals surface area contributed by atoms with Gasteiger partial charge < -0.3 is 19.5 Å². The van der Waals surface area contributed by atoms with Crippen LogP contribution in [0.1, 0.15) is 23.5 Å². The summed E-state index contributed by atoms with van der Waals surface area (Å²) in [5, 5.41) is 5.00. The van der Waals surface area contributed by atoms with Crippen LogP contribution < -0.4 is 15.1 Å². The number of nitrogens with zero attached hydrogens (tertiary/aromatic N) is 3. The monoisotopic (exact) mass is 508 g/mol. The molecule has 2 atom stereocenters. The molecule has 0 amide bonds. The van der Waals surface area contributed by atoms with Gasteiger partial charge in [0.05, 0.1) is 21.8 Å². The topological polar surface area (TPSA) is 44.5 Å². The SMILES string of the molecule is CN(C)c1ccc(N2C(=S)N[C@H](c3ccccn3)[C@@H]2c2ccc(-c3cccc(Cl)c3Cl)o2)cc1. The average Bonchev–Trinajstić information content (AvgIpc) is 3.46. The maximum Gasteiger partial charge on any atom is 0.174 e. The Bertz CT molecular complexity index is 1320. The van der Waals surface area contributed by atoms with Crippen LogP contribution in [0.25, 0.3) is 11.3 Å². The first-order chi connectivity index (χ1) is 16.4. The number of pyridine rings is 1. The van der Waals surface area contributed by atoms with Crippen LogP contribution in [-0.4, -0.2) is 24.2 Å². The van der Waals surface area contributed by atoms with Crippen LogP contribution in [0.3, 0.4) is 0 Å². The van der Waals surface area contributed by atoms with Gasteiger partial charge in [-0.15, -0.1) is 0 Å². The number of hydrogen-bond acceptors (Lipinski definition) is 4. The van der Waals surface area contributed by atoms with Crippen LogP contribution in [0.5, 0.6) is 0 Å². The summed E-state index contributed by atoms with van der Waals surface area (Å²) in [7, 11) is 4.03. The Hall–Kier alpha value is -3.06. The third kappa shape index (κ3) is 4.13. The maximum absolute atomic E-state index is 6.46. The van der Waals surface area contributed by atoms with E-state index in [4.69, 9.17) is 39.8 Å². The summed E-state index contributed by atoms with van der Waals surface area (Å²) < 4.78 is 6.38. The fraction of sp³-hybridized carbons (Fsp3) is 0.154. The van der Waals surface area contributed by atoms with E-state index in [2.05, 4.69) is 44.4 Å². The summed E-state index contributed by atoms with van der Waals surface area (Å²) in [6.45, 7) is 0. The molecule has 0 bridgehead atoms. The highest BCUT2D eigenvalue weighted by Crippen LogP contribution is 2.44. The Kier molecular flexibility index (Phi) is 6.21. The molecule has 2 aromatic carbocycles. The van der Waals surface area contributed by atoms with Gasteiger partial charge >= 0.3 is 0 Å². The lowest BCUT2D eigenvalue weighted by molar-refractivity contribution is 0.439. The Morgan fingerprint density at radius 3 is 2.47 bits per heavy atom. The Balaban J connectivity index is 1.59. The van der Waals surface area contributed by atoms with Crippen molar-refractivity contribution >= 4 is 51.9 Å². The third-order valence-corrected chi connectivity index (χ3v) is 7.01. The predicted octanol–water partition coefficient (Wildman–Crippen LogP) is 6.89. The molecule has 34 heavy (non-hydrogen) atoms. The molecular weight excluding hydrogens is 487 g/mol. The molecule has 1 saturated heterocycles. The predicted molar refractivity (Wildman–Crippen MR) is 143 cm³/mol. The molecule has 0 spiro atoms. The van der Waals surface area contributed by atoms with Crippen molar-refractivity contribution < 1.29 is 4.42 Å². The lowest BCUT2D eigenvalue weighted by Crippen LogP contribution is -2.29. The lowest BCUT2D eigenvalue weighted by Gasteiger charge is -2.26. The highest BCUT2D eigenvalue weighted by Gasteiger charge is 2.42. The number of anilines is 2. The zero-order valence-electron chi connectivity index (χ0n) is 18.6. The van der Waals surface area contributed by atoms with Crippen LogP contribution in [0, 0.1) is 0 Å². The van der Waals surface area contributed by atoms with E-state index >= 15 is 0 Å². The molecule has 5 rings (SSSR count). The lowest BCUT2D eigenvalue weighted by atomic mass is 10.0. The molecule has 4 aromatic rings. The number of hydrogen-bond donors (Lipinski definition) is 1. The minimum atomic E-state index is -0.251. The van der Waals surface area contributed by atoms with Gasteiger partial charge in [0.15, 0.2) is 5.11 Å². The standard InChI is InChI=1S/C26H22Cl2N4OS/c1-31(2)16-9-11-17(12-10-16)32-25(24(30-26(32)34)20-8-3-4-15-29-20)22-14-13-21(33-22)18-6-5-7-19(27)23(18)28/h3-15,24-25H,1-2H3,(H,30,34)/t24-,25+/m1/s1. The molecular formula is C26H22Cl2N4OS. The van der Waals surface area contributed by atoms with Crippen molar-refractivity contribution in [3.8, 4) is 11.3 Å². The highest BCUT2D eigenvalue weighted by molar-refractivity contribution is 7.80. The quantitative estimate of drug-likeness (QED) is 0.296. The molecule has 172 valence electrons. The van der Waals surface area contributed by atoms with E-state index in [0.717, 1.165) is 28.4 Å². The summed E-state index contributed by atoms with van der Waals surface area (Å²) in [6.07, 6.45) is 1.78. The van der Waals surface area contributed by atoms with Crippen molar-refractivity contribution in [2.75, 3.05) is 23.9 Å². The van der Waals surface area contributed by atoms with Gasteiger partial charge in [-0.3, -0.25) is 4.98 Å². The van der Waals surface area contributed by atoms with Gasteiger partial charge in [0.25, 0.3) is 0 Å². The second-order valence-electron chi connectivity index (χ2n) is 8.21. The second kappa shape index (κ2) is 9.29. The molecule has 1 fully saturated rings. The first-order valence-corrected chi connectivity index (χ1v) is 11.9. The van der Waals surface area contributed by atoms with Crippen molar-refractivity contribution in [2.24, 2.45) is 0 Å². The van der Waals surface area contributed by atoms with Gasteiger partial charge in [-0.05, 0) is 72.9 Å². The number of aromatic nitrogens is 1. The highest BCUT2D eigenvalue weighted by atomic mass is 35.5. The zero-order chi connectivity index (χ0) is 23.8. The minimum Gasteiger partial charge on any atom is -0.459 e. The summed E-state index contributed by atoms with van der Waals surface area (Å²) in [4.78, 5) is 8.73. The Morgan fingerprint density at radius 2 is 1.76 bits per heavy atom. The number of nitrogens with one attached hydrogen (secondary N) is 1. The number of furan rings is 1. The summed E-state index contributed by atoms with van der Waals surface area (Å²) in [5.74, 6) is 1.38. The van der Waals surface area contributed by atoms with Crippen LogP contribution >= 0.6 is 35.4 Å². The molecule has 1 aliphatic heterocycles. The van der Waals surface area contributed by atoms with E-state index < -0.39 is 0 Å². The number of thiocarbonyl (C=S) groups is 1. The largest absolute Gasteiger partial charge is 0.459 e.